The quantitative estimate of drug-likeness (QED) is 0.911. The second-order valence-electron chi connectivity index (χ2n) is 5.30. The maximum Gasteiger partial charge on any atom is 0.267 e. The molecule has 2 aromatic rings. The zero-order valence-electron chi connectivity index (χ0n) is 12.1. The van der Waals surface area contributed by atoms with Crippen LogP contribution >= 0.6 is 11.3 Å². The first kappa shape index (κ1) is 14.8. The summed E-state index contributed by atoms with van der Waals surface area (Å²) in [6, 6.07) is 3.34. The number of pyridine rings is 1. The lowest BCUT2D eigenvalue weighted by Crippen LogP contribution is -2.35. The topological polar surface area (TPSA) is 81.3 Å². The summed E-state index contributed by atoms with van der Waals surface area (Å²) >= 11 is 1.68. The summed E-state index contributed by atoms with van der Waals surface area (Å²) in [5.41, 5.74) is 5.45. The van der Waals surface area contributed by atoms with Gasteiger partial charge in [0.25, 0.3) is 5.91 Å². The van der Waals surface area contributed by atoms with Crippen LogP contribution in [0.4, 0.5) is 5.13 Å². The number of rotatable bonds is 5. The number of amides is 1. The van der Waals surface area contributed by atoms with Crippen LogP contribution in [0.3, 0.4) is 0 Å². The Bertz CT molecular complexity index is 624. The van der Waals surface area contributed by atoms with Gasteiger partial charge < -0.3 is 15.4 Å². The molecule has 2 N–H and O–H groups in total. The van der Waals surface area contributed by atoms with E-state index < -0.39 is 5.91 Å². The monoisotopic (exact) mass is 318 g/mol. The number of nitrogens with two attached hydrogens (primary N) is 1. The van der Waals surface area contributed by atoms with Crippen LogP contribution < -0.4 is 15.4 Å². The fourth-order valence-electron chi connectivity index (χ4n) is 2.51. The fourth-order valence-corrected chi connectivity index (χ4v) is 3.21. The van der Waals surface area contributed by atoms with Crippen LogP contribution in [0.1, 0.15) is 23.3 Å². The second-order valence-corrected chi connectivity index (χ2v) is 6.17. The number of ether oxygens (including phenoxy) is 1. The molecular formula is C15H18N4O2S. The van der Waals surface area contributed by atoms with Crippen molar-refractivity contribution in [3.63, 3.8) is 0 Å². The van der Waals surface area contributed by atoms with Crippen molar-refractivity contribution >= 4 is 22.4 Å². The molecule has 3 rings (SSSR count). The van der Waals surface area contributed by atoms with E-state index in [-0.39, 0.29) is 5.69 Å². The van der Waals surface area contributed by atoms with Crippen molar-refractivity contribution in [3.05, 3.63) is 35.6 Å². The number of thiazole rings is 1. The van der Waals surface area contributed by atoms with Gasteiger partial charge in [0.15, 0.2) is 5.13 Å². The maximum atomic E-state index is 11.1. The molecule has 0 aliphatic carbocycles. The van der Waals surface area contributed by atoms with E-state index in [4.69, 9.17) is 10.5 Å². The van der Waals surface area contributed by atoms with Crippen molar-refractivity contribution in [2.24, 2.45) is 11.7 Å². The average Bonchev–Trinajstić information content (AvgIpc) is 3.08. The first-order valence-electron chi connectivity index (χ1n) is 7.25. The van der Waals surface area contributed by atoms with Crippen LogP contribution in [0.25, 0.3) is 0 Å². The highest BCUT2D eigenvalue weighted by atomic mass is 32.1. The summed E-state index contributed by atoms with van der Waals surface area (Å²) in [5, 5.41) is 3.10. The molecule has 22 heavy (non-hydrogen) atoms. The van der Waals surface area contributed by atoms with E-state index in [1.807, 2.05) is 11.6 Å². The molecule has 0 saturated carbocycles. The van der Waals surface area contributed by atoms with Gasteiger partial charge in [-0.3, -0.25) is 9.78 Å². The Morgan fingerprint density at radius 3 is 2.86 bits per heavy atom. The molecule has 1 saturated heterocycles. The Morgan fingerprint density at radius 1 is 1.36 bits per heavy atom. The molecule has 0 atom stereocenters. The van der Waals surface area contributed by atoms with Crippen molar-refractivity contribution < 1.29 is 9.53 Å². The highest BCUT2D eigenvalue weighted by molar-refractivity contribution is 7.13. The summed E-state index contributed by atoms with van der Waals surface area (Å²) in [6.07, 6.45) is 5.54. The lowest BCUT2D eigenvalue weighted by atomic mass is 9.98. The van der Waals surface area contributed by atoms with Gasteiger partial charge in [0, 0.05) is 36.9 Å². The van der Waals surface area contributed by atoms with Crippen LogP contribution in [0.2, 0.25) is 0 Å². The molecule has 3 heterocycles. The average molecular weight is 318 g/mol. The van der Waals surface area contributed by atoms with Gasteiger partial charge in [0.05, 0.1) is 6.61 Å². The third-order valence-corrected chi connectivity index (χ3v) is 4.61. The molecule has 0 unspecified atom stereocenters. The van der Waals surface area contributed by atoms with E-state index in [2.05, 4.69) is 14.9 Å². The van der Waals surface area contributed by atoms with E-state index in [0.717, 1.165) is 31.1 Å². The van der Waals surface area contributed by atoms with Crippen molar-refractivity contribution in [2.45, 2.75) is 12.8 Å². The smallest absolute Gasteiger partial charge is 0.267 e. The SMILES string of the molecule is NC(=O)c1cc(OCC2CCN(c3nccs3)CC2)ccn1. The molecule has 7 heteroatoms. The van der Waals surface area contributed by atoms with Gasteiger partial charge in [-0.15, -0.1) is 11.3 Å². The number of carbonyl (C=O) groups excluding carboxylic acids is 1. The number of primary amides is 1. The number of hydrogen-bond acceptors (Lipinski definition) is 6. The van der Waals surface area contributed by atoms with Crippen LogP contribution in [-0.4, -0.2) is 35.6 Å². The lowest BCUT2D eigenvalue weighted by molar-refractivity contribution is 0.0995. The summed E-state index contributed by atoms with van der Waals surface area (Å²) < 4.78 is 5.78. The Balaban J connectivity index is 1.49. The molecule has 1 aliphatic heterocycles. The lowest BCUT2D eigenvalue weighted by Gasteiger charge is -2.31. The number of carbonyl (C=O) groups is 1. The molecule has 2 aromatic heterocycles. The number of nitrogens with zero attached hydrogens (tertiary/aromatic N) is 3. The minimum Gasteiger partial charge on any atom is -0.493 e. The van der Waals surface area contributed by atoms with Crippen molar-refractivity contribution in [3.8, 4) is 5.75 Å². The van der Waals surface area contributed by atoms with E-state index in [9.17, 15) is 4.79 Å². The van der Waals surface area contributed by atoms with E-state index in [0.29, 0.717) is 18.3 Å². The zero-order chi connectivity index (χ0) is 15.4. The maximum absolute atomic E-state index is 11.1. The molecule has 6 nitrogen and oxygen atoms in total. The van der Waals surface area contributed by atoms with Gasteiger partial charge in [-0.25, -0.2) is 4.98 Å². The summed E-state index contributed by atoms with van der Waals surface area (Å²) in [6.45, 7) is 2.66. The van der Waals surface area contributed by atoms with Crippen LogP contribution in [-0.2, 0) is 0 Å². The largest absolute Gasteiger partial charge is 0.493 e. The number of hydrogen-bond donors (Lipinski definition) is 1. The van der Waals surface area contributed by atoms with Crippen LogP contribution in [0, 0.1) is 5.92 Å². The van der Waals surface area contributed by atoms with Crippen molar-refractivity contribution in [2.75, 3.05) is 24.6 Å². The first-order chi connectivity index (χ1) is 10.7. The van der Waals surface area contributed by atoms with Gasteiger partial charge in [-0.2, -0.15) is 0 Å². The molecule has 0 spiro atoms. The standard InChI is InChI=1S/C15H18N4O2S/c16-14(20)13-9-12(1-4-17-13)21-10-11-2-6-19(7-3-11)15-18-5-8-22-15/h1,4-5,8-9,11H,2-3,6-7,10H2,(H2,16,20). The Hall–Kier alpha value is -2.15. The van der Waals surface area contributed by atoms with Gasteiger partial charge in [-0.1, -0.05) is 0 Å². The van der Waals surface area contributed by atoms with Gasteiger partial charge in [0.2, 0.25) is 0 Å². The number of anilines is 1. The zero-order valence-corrected chi connectivity index (χ0v) is 13.0. The Morgan fingerprint density at radius 2 is 2.18 bits per heavy atom. The number of aromatic nitrogens is 2. The Labute approximate surface area is 132 Å². The predicted molar refractivity (Wildman–Crippen MR) is 85.3 cm³/mol. The van der Waals surface area contributed by atoms with E-state index >= 15 is 0 Å². The summed E-state index contributed by atoms with van der Waals surface area (Å²) in [4.78, 5) is 21.7. The summed E-state index contributed by atoms with van der Waals surface area (Å²) in [5.74, 6) is 0.620. The van der Waals surface area contributed by atoms with Crippen molar-refractivity contribution in [1.29, 1.82) is 0 Å². The third kappa shape index (κ3) is 3.54. The number of piperidine rings is 1. The van der Waals surface area contributed by atoms with E-state index in [1.54, 1.807) is 29.7 Å². The molecule has 116 valence electrons. The van der Waals surface area contributed by atoms with Crippen LogP contribution in [0.5, 0.6) is 5.75 Å². The molecule has 0 radical (unpaired) electrons. The third-order valence-electron chi connectivity index (χ3n) is 3.77. The molecule has 1 fully saturated rings. The predicted octanol–water partition coefficient (Wildman–Crippen LogP) is 1.93. The minimum atomic E-state index is -0.540. The molecule has 0 aromatic carbocycles. The van der Waals surface area contributed by atoms with Crippen molar-refractivity contribution in [1.82, 2.24) is 9.97 Å². The normalized spacial score (nSPS) is 15.7. The molecular weight excluding hydrogens is 300 g/mol. The molecule has 1 aliphatic rings. The van der Waals surface area contributed by atoms with Crippen LogP contribution in [0.15, 0.2) is 29.9 Å². The fraction of sp³-hybridized carbons (Fsp3) is 0.400. The molecule has 0 bridgehead atoms. The summed E-state index contributed by atoms with van der Waals surface area (Å²) in [7, 11) is 0. The highest BCUT2D eigenvalue weighted by Crippen LogP contribution is 2.25. The minimum absolute atomic E-state index is 0.232. The first-order valence-corrected chi connectivity index (χ1v) is 8.13. The molecule has 1 amide bonds. The Kier molecular flexibility index (Phi) is 4.53. The van der Waals surface area contributed by atoms with E-state index in [1.165, 1.54) is 0 Å². The second kappa shape index (κ2) is 6.74. The van der Waals surface area contributed by atoms with Gasteiger partial charge >= 0.3 is 0 Å². The van der Waals surface area contributed by atoms with Gasteiger partial charge in [-0.05, 0) is 24.8 Å². The van der Waals surface area contributed by atoms with Gasteiger partial charge in [0.1, 0.15) is 11.4 Å². The highest BCUT2D eigenvalue weighted by Gasteiger charge is 2.21.